The average Bonchev–Trinajstić information content (AvgIpc) is 2.66. The second kappa shape index (κ2) is 10.3. The predicted octanol–water partition coefficient (Wildman–Crippen LogP) is 1.84. The first kappa shape index (κ1) is 22.1. The molecule has 0 radical (unpaired) electrons. The molecule has 0 aliphatic rings. The molecule has 7 heteroatoms. The van der Waals surface area contributed by atoms with E-state index in [4.69, 9.17) is 5.26 Å². The second-order valence-corrected chi connectivity index (χ2v) is 7.03. The van der Waals surface area contributed by atoms with Gasteiger partial charge < -0.3 is 15.1 Å². The Bertz CT molecular complexity index is 903. The lowest BCUT2D eigenvalue weighted by atomic mass is 10.1. The van der Waals surface area contributed by atoms with E-state index in [2.05, 4.69) is 5.32 Å². The van der Waals surface area contributed by atoms with Gasteiger partial charge in [-0.15, -0.1) is 0 Å². The zero-order valence-corrected chi connectivity index (χ0v) is 17.0. The molecule has 0 saturated carbocycles. The van der Waals surface area contributed by atoms with E-state index in [0.717, 1.165) is 16.8 Å². The molecule has 2 aromatic rings. The highest BCUT2D eigenvalue weighted by atomic mass is 19.1. The van der Waals surface area contributed by atoms with Crippen LogP contribution in [0.3, 0.4) is 0 Å². The highest BCUT2D eigenvalue weighted by Gasteiger charge is 2.23. The fourth-order valence-electron chi connectivity index (χ4n) is 3.10. The normalized spacial score (nSPS) is 11.4. The molecule has 0 fully saturated rings. The van der Waals surface area contributed by atoms with E-state index in [9.17, 15) is 14.0 Å². The minimum absolute atomic E-state index is 0.0000627. The first-order valence-electron chi connectivity index (χ1n) is 9.42. The number of amides is 2. The number of likely N-dealkylation sites (N-methyl/N-ethyl adjacent to an activating group) is 1. The smallest absolute Gasteiger partial charge is 0.282 e. The third-order valence-electron chi connectivity index (χ3n) is 4.55. The van der Waals surface area contributed by atoms with Crippen molar-refractivity contribution in [2.75, 3.05) is 36.9 Å². The van der Waals surface area contributed by atoms with E-state index in [-0.39, 0.29) is 43.6 Å². The summed E-state index contributed by atoms with van der Waals surface area (Å²) in [6, 6.07) is 13.7. The van der Waals surface area contributed by atoms with Crippen LogP contribution in [0.25, 0.3) is 0 Å². The average molecular weight is 397 g/mol. The summed E-state index contributed by atoms with van der Waals surface area (Å²) < 4.78 is 14.1. The third-order valence-corrected chi connectivity index (χ3v) is 4.55. The number of anilines is 2. The van der Waals surface area contributed by atoms with Gasteiger partial charge in [0.15, 0.2) is 13.1 Å². The molecule has 1 unspecified atom stereocenters. The molecule has 0 aromatic heterocycles. The highest BCUT2D eigenvalue weighted by molar-refractivity contribution is 5.95. The van der Waals surface area contributed by atoms with Gasteiger partial charge in [0.2, 0.25) is 0 Å². The summed E-state index contributed by atoms with van der Waals surface area (Å²) in [7, 11) is 1.73. The number of hydrogen-bond acceptors (Lipinski definition) is 3. The molecule has 0 saturated heterocycles. The van der Waals surface area contributed by atoms with E-state index in [0.29, 0.717) is 4.90 Å². The zero-order valence-electron chi connectivity index (χ0n) is 17.0. The number of nitrogens with one attached hydrogen (secondary N) is 2. The molecule has 2 N–H and O–H groups in total. The zero-order chi connectivity index (χ0) is 21.4. The van der Waals surface area contributed by atoms with Gasteiger partial charge in [-0.2, -0.15) is 5.26 Å². The van der Waals surface area contributed by atoms with Crippen molar-refractivity contribution in [1.29, 1.82) is 5.26 Å². The van der Waals surface area contributed by atoms with E-state index in [1.807, 2.05) is 38.1 Å². The minimum Gasteiger partial charge on any atom is -0.322 e. The monoisotopic (exact) mass is 397 g/mol. The molecule has 1 atom stereocenters. The molecule has 2 rings (SSSR count). The maximum Gasteiger partial charge on any atom is 0.282 e. The van der Waals surface area contributed by atoms with Crippen LogP contribution in [0.15, 0.2) is 42.5 Å². The maximum atomic E-state index is 14.1. The van der Waals surface area contributed by atoms with Crippen LogP contribution in [-0.4, -0.2) is 38.5 Å². The third kappa shape index (κ3) is 6.13. The molecule has 29 heavy (non-hydrogen) atoms. The molecule has 6 nitrogen and oxygen atoms in total. The van der Waals surface area contributed by atoms with Crippen LogP contribution in [0.2, 0.25) is 0 Å². The Balaban J connectivity index is 2.02. The van der Waals surface area contributed by atoms with Crippen molar-refractivity contribution < 1.29 is 18.9 Å². The predicted molar refractivity (Wildman–Crippen MR) is 110 cm³/mol. The fraction of sp³-hybridized carbons (Fsp3) is 0.318. The van der Waals surface area contributed by atoms with E-state index in [1.54, 1.807) is 19.2 Å². The quantitative estimate of drug-likeness (QED) is 0.714. The molecule has 152 valence electrons. The number of aryl methyl sites for hydroxylation is 2. The van der Waals surface area contributed by atoms with Crippen LogP contribution in [0, 0.1) is 31.0 Å². The standard InChI is InChI=1S/C22H25FN4O2/c1-16-8-6-9-17(2)22(16)25-20(28)14-26(3)15-21(29)27(13-7-12-24)19-11-5-4-10-18(19)23/h4-6,8-11H,7,13-15H2,1-3H3,(H,25,28)/p+1. The Hall–Kier alpha value is -3.24. The number of rotatable bonds is 8. The van der Waals surface area contributed by atoms with Crippen LogP contribution in [0.4, 0.5) is 15.8 Å². The van der Waals surface area contributed by atoms with Crippen molar-refractivity contribution in [1.82, 2.24) is 0 Å². The topological polar surface area (TPSA) is 77.6 Å². The fourth-order valence-corrected chi connectivity index (χ4v) is 3.10. The number of carbonyl (C=O) groups is 2. The summed E-state index contributed by atoms with van der Waals surface area (Å²) in [4.78, 5) is 27.1. The summed E-state index contributed by atoms with van der Waals surface area (Å²) in [6.07, 6.45) is 0.0895. The van der Waals surface area contributed by atoms with Gasteiger partial charge in [-0.05, 0) is 37.1 Å². The number of carbonyl (C=O) groups excluding carboxylic acids is 2. The van der Waals surface area contributed by atoms with Gasteiger partial charge in [0.05, 0.1) is 25.2 Å². The van der Waals surface area contributed by atoms with Crippen molar-refractivity contribution in [2.24, 2.45) is 0 Å². The van der Waals surface area contributed by atoms with Crippen LogP contribution < -0.4 is 15.1 Å². The molecular weight excluding hydrogens is 371 g/mol. The van der Waals surface area contributed by atoms with Gasteiger partial charge in [0.25, 0.3) is 11.8 Å². The summed E-state index contributed by atoms with van der Waals surface area (Å²) in [5.74, 6) is -1.07. The Labute approximate surface area is 170 Å². The van der Waals surface area contributed by atoms with Crippen LogP contribution in [-0.2, 0) is 9.59 Å². The summed E-state index contributed by atoms with van der Waals surface area (Å²) >= 11 is 0. The molecule has 0 aliphatic carbocycles. The lowest BCUT2D eigenvalue weighted by molar-refractivity contribution is -0.862. The number of benzene rings is 2. The molecule has 0 heterocycles. The Kier molecular flexibility index (Phi) is 7.87. The molecular formula is C22H26FN4O2+. The van der Waals surface area contributed by atoms with Gasteiger partial charge in [-0.1, -0.05) is 30.3 Å². The number of hydrogen-bond donors (Lipinski definition) is 2. The van der Waals surface area contributed by atoms with Crippen LogP contribution >= 0.6 is 0 Å². The van der Waals surface area contributed by atoms with E-state index < -0.39 is 5.82 Å². The molecule has 0 aliphatic heterocycles. The van der Waals surface area contributed by atoms with Crippen molar-refractivity contribution in [2.45, 2.75) is 20.3 Å². The number of para-hydroxylation sites is 2. The summed E-state index contributed by atoms with van der Waals surface area (Å²) in [5, 5.41) is 11.8. The summed E-state index contributed by atoms with van der Waals surface area (Å²) in [6.45, 7) is 4.02. The minimum atomic E-state index is -0.524. The second-order valence-electron chi connectivity index (χ2n) is 7.03. The lowest BCUT2D eigenvalue weighted by Gasteiger charge is -2.23. The van der Waals surface area contributed by atoms with Crippen molar-refractivity contribution in [3.8, 4) is 6.07 Å². The summed E-state index contributed by atoms with van der Waals surface area (Å²) in [5.41, 5.74) is 2.85. The first-order valence-corrected chi connectivity index (χ1v) is 9.42. The maximum absolute atomic E-state index is 14.1. The molecule has 0 spiro atoms. The van der Waals surface area contributed by atoms with Gasteiger partial charge in [-0.25, -0.2) is 4.39 Å². The number of nitrogens with zero attached hydrogens (tertiary/aromatic N) is 2. The van der Waals surface area contributed by atoms with E-state index >= 15 is 0 Å². The number of halogens is 1. The largest absolute Gasteiger partial charge is 0.322 e. The van der Waals surface area contributed by atoms with Gasteiger partial charge in [0.1, 0.15) is 5.82 Å². The SMILES string of the molecule is Cc1cccc(C)c1NC(=O)C[NH+](C)CC(=O)N(CCC#N)c1ccccc1F. The molecule has 2 amide bonds. The Morgan fingerprint density at radius 3 is 2.38 bits per heavy atom. The van der Waals surface area contributed by atoms with Crippen LogP contribution in [0.5, 0.6) is 0 Å². The van der Waals surface area contributed by atoms with Gasteiger partial charge in [-0.3, -0.25) is 9.59 Å². The van der Waals surface area contributed by atoms with Crippen molar-refractivity contribution in [3.63, 3.8) is 0 Å². The van der Waals surface area contributed by atoms with Crippen molar-refractivity contribution >= 4 is 23.2 Å². The van der Waals surface area contributed by atoms with E-state index in [1.165, 1.54) is 17.0 Å². The highest BCUT2D eigenvalue weighted by Crippen LogP contribution is 2.19. The Morgan fingerprint density at radius 2 is 1.76 bits per heavy atom. The number of nitriles is 1. The van der Waals surface area contributed by atoms with Gasteiger partial charge >= 0.3 is 0 Å². The van der Waals surface area contributed by atoms with Crippen LogP contribution in [0.1, 0.15) is 17.5 Å². The number of quaternary nitrogens is 1. The first-order chi connectivity index (χ1) is 13.8. The Morgan fingerprint density at radius 1 is 1.10 bits per heavy atom. The molecule has 0 bridgehead atoms. The lowest BCUT2D eigenvalue weighted by Crippen LogP contribution is -3.11. The van der Waals surface area contributed by atoms with Gasteiger partial charge in [0, 0.05) is 12.2 Å². The van der Waals surface area contributed by atoms with Crippen molar-refractivity contribution in [3.05, 3.63) is 59.4 Å². The molecule has 2 aromatic carbocycles.